The Morgan fingerprint density at radius 1 is 1.55 bits per heavy atom. The van der Waals surface area contributed by atoms with Gasteiger partial charge in [0.15, 0.2) is 0 Å². The molecule has 1 aromatic heterocycles. The van der Waals surface area contributed by atoms with Gasteiger partial charge >= 0.3 is 12.0 Å². The van der Waals surface area contributed by atoms with Crippen molar-refractivity contribution in [3.63, 3.8) is 0 Å². The van der Waals surface area contributed by atoms with Crippen LogP contribution in [0.15, 0.2) is 12.5 Å². The third kappa shape index (κ3) is 4.25. The second-order valence-corrected chi connectivity index (χ2v) is 5.34. The van der Waals surface area contributed by atoms with Gasteiger partial charge in [-0.05, 0) is 24.7 Å². The van der Waals surface area contributed by atoms with Crippen molar-refractivity contribution in [2.24, 2.45) is 11.8 Å². The summed E-state index contributed by atoms with van der Waals surface area (Å²) in [6, 6.07) is -1.41. The van der Waals surface area contributed by atoms with Gasteiger partial charge in [-0.25, -0.2) is 14.6 Å². The van der Waals surface area contributed by atoms with Crippen LogP contribution in [0.25, 0.3) is 0 Å². The van der Waals surface area contributed by atoms with Gasteiger partial charge in [0.25, 0.3) is 0 Å². The highest BCUT2D eigenvalue weighted by Gasteiger charge is 2.28. The molecule has 0 saturated heterocycles. The number of rotatable bonds is 7. The Morgan fingerprint density at radius 2 is 2.30 bits per heavy atom. The van der Waals surface area contributed by atoms with Gasteiger partial charge in [-0.3, -0.25) is 0 Å². The molecule has 7 heteroatoms. The van der Waals surface area contributed by atoms with Gasteiger partial charge in [0.2, 0.25) is 0 Å². The highest BCUT2D eigenvalue weighted by Crippen LogP contribution is 2.35. The van der Waals surface area contributed by atoms with Crippen LogP contribution in [0.4, 0.5) is 4.79 Å². The van der Waals surface area contributed by atoms with Crippen molar-refractivity contribution < 1.29 is 14.7 Å². The number of nitrogens with zero attached hydrogens (tertiary/aromatic N) is 1. The summed E-state index contributed by atoms with van der Waals surface area (Å²) >= 11 is 0. The first-order valence-electron chi connectivity index (χ1n) is 6.80. The van der Waals surface area contributed by atoms with Gasteiger partial charge in [-0.15, -0.1) is 0 Å². The minimum absolute atomic E-state index is 0.181. The summed E-state index contributed by atoms with van der Waals surface area (Å²) in [6.45, 7) is 2.67. The maximum atomic E-state index is 11.7. The van der Waals surface area contributed by atoms with Crippen molar-refractivity contribution in [1.29, 1.82) is 0 Å². The molecule has 2 atom stereocenters. The summed E-state index contributed by atoms with van der Waals surface area (Å²) < 4.78 is 0. The van der Waals surface area contributed by atoms with E-state index in [4.69, 9.17) is 5.11 Å². The lowest BCUT2D eigenvalue weighted by atomic mass is 10.1. The van der Waals surface area contributed by atoms with E-state index in [0.717, 1.165) is 0 Å². The topological polar surface area (TPSA) is 107 Å². The number of aromatic amines is 1. The molecular formula is C13H20N4O3. The van der Waals surface area contributed by atoms with Crippen molar-refractivity contribution >= 4 is 12.0 Å². The zero-order valence-electron chi connectivity index (χ0n) is 11.4. The molecule has 7 nitrogen and oxygen atoms in total. The highest BCUT2D eigenvalue weighted by molar-refractivity contribution is 5.82. The zero-order chi connectivity index (χ0) is 14.5. The van der Waals surface area contributed by atoms with E-state index in [9.17, 15) is 9.59 Å². The number of aliphatic carboxylic acids is 1. The van der Waals surface area contributed by atoms with Gasteiger partial charge in [-0.1, -0.05) is 6.92 Å². The van der Waals surface area contributed by atoms with E-state index < -0.39 is 18.0 Å². The lowest BCUT2D eigenvalue weighted by molar-refractivity contribution is -0.139. The van der Waals surface area contributed by atoms with Crippen molar-refractivity contribution in [3.8, 4) is 0 Å². The summed E-state index contributed by atoms with van der Waals surface area (Å²) in [5.41, 5.74) is 0.670. The smallest absolute Gasteiger partial charge is 0.326 e. The van der Waals surface area contributed by atoms with E-state index in [0.29, 0.717) is 24.1 Å². The van der Waals surface area contributed by atoms with E-state index >= 15 is 0 Å². The number of carbonyl (C=O) groups excluding carboxylic acids is 1. The minimum Gasteiger partial charge on any atom is -0.480 e. The number of hydrogen-bond acceptors (Lipinski definition) is 3. The predicted octanol–water partition coefficient (Wildman–Crippen LogP) is 0.751. The van der Waals surface area contributed by atoms with Crippen LogP contribution in [-0.2, 0) is 11.2 Å². The molecule has 2 unspecified atom stereocenters. The maximum Gasteiger partial charge on any atom is 0.326 e. The van der Waals surface area contributed by atoms with Crippen LogP contribution in [-0.4, -0.2) is 39.7 Å². The van der Waals surface area contributed by atoms with E-state index in [1.54, 1.807) is 6.20 Å². The average Bonchev–Trinajstić information content (AvgIpc) is 3.14. The molecule has 110 valence electrons. The molecule has 0 radical (unpaired) electrons. The average molecular weight is 280 g/mol. The summed E-state index contributed by atoms with van der Waals surface area (Å²) in [7, 11) is 0. The molecule has 0 spiro atoms. The lowest BCUT2D eigenvalue weighted by Crippen LogP contribution is -2.48. The number of carboxylic acids is 1. The maximum absolute atomic E-state index is 11.7. The van der Waals surface area contributed by atoms with E-state index in [2.05, 4.69) is 27.5 Å². The SMILES string of the molecule is CC(CNC(=O)NC(Cc1cnc[nH]1)C(=O)O)C1CC1. The lowest BCUT2D eigenvalue weighted by Gasteiger charge is -2.16. The van der Waals surface area contributed by atoms with E-state index in [1.807, 2.05) is 0 Å². The molecule has 1 saturated carbocycles. The Morgan fingerprint density at radius 3 is 2.85 bits per heavy atom. The molecule has 1 aromatic rings. The second-order valence-electron chi connectivity index (χ2n) is 5.34. The molecule has 1 aliphatic rings. The predicted molar refractivity (Wildman–Crippen MR) is 72.1 cm³/mol. The first-order valence-corrected chi connectivity index (χ1v) is 6.80. The number of aromatic nitrogens is 2. The number of nitrogens with one attached hydrogen (secondary N) is 3. The number of imidazole rings is 1. The quantitative estimate of drug-likeness (QED) is 0.591. The van der Waals surface area contributed by atoms with Crippen LogP contribution in [0.2, 0.25) is 0 Å². The molecule has 0 aromatic carbocycles. The van der Waals surface area contributed by atoms with Gasteiger partial charge in [0.05, 0.1) is 6.33 Å². The van der Waals surface area contributed by atoms with Crippen molar-refractivity contribution in [2.75, 3.05) is 6.54 Å². The standard InChI is InChI=1S/C13H20N4O3/c1-8(9-2-3-9)5-15-13(20)17-11(12(18)19)4-10-6-14-7-16-10/h6-9,11H,2-5H2,1H3,(H,14,16)(H,18,19)(H2,15,17,20). The molecule has 0 aliphatic heterocycles. The van der Waals surface area contributed by atoms with E-state index in [1.165, 1.54) is 19.2 Å². The molecule has 4 N–H and O–H groups in total. The molecule has 20 heavy (non-hydrogen) atoms. The van der Waals surface area contributed by atoms with Crippen LogP contribution in [0.5, 0.6) is 0 Å². The number of urea groups is 1. The highest BCUT2D eigenvalue weighted by atomic mass is 16.4. The zero-order valence-corrected chi connectivity index (χ0v) is 11.4. The van der Waals surface area contributed by atoms with Crippen molar-refractivity contribution in [1.82, 2.24) is 20.6 Å². The number of amides is 2. The molecule has 1 heterocycles. The number of H-pyrrole nitrogens is 1. The van der Waals surface area contributed by atoms with Gasteiger partial charge < -0.3 is 20.7 Å². The van der Waals surface area contributed by atoms with Gasteiger partial charge in [-0.2, -0.15) is 0 Å². The first-order chi connectivity index (χ1) is 9.56. The summed E-state index contributed by atoms with van der Waals surface area (Å²) in [5, 5.41) is 14.3. The Hall–Kier alpha value is -2.05. The monoisotopic (exact) mass is 280 g/mol. The first kappa shape index (κ1) is 14.4. The molecule has 2 amide bonds. The van der Waals surface area contributed by atoms with Crippen molar-refractivity contribution in [2.45, 2.75) is 32.2 Å². The van der Waals surface area contributed by atoms with Crippen LogP contribution in [0.3, 0.4) is 0 Å². The van der Waals surface area contributed by atoms with E-state index in [-0.39, 0.29) is 6.42 Å². The Balaban J connectivity index is 1.77. The largest absolute Gasteiger partial charge is 0.480 e. The summed E-state index contributed by atoms with van der Waals surface area (Å²) in [4.78, 5) is 29.5. The molecule has 2 rings (SSSR count). The Kier molecular flexibility index (Phi) is 4.60. The fourth-order valence-corrected chi connectivity index (χ4v) is 2.11. The molecular weight excluding hydrogens is 260 g/mol. The molecule has 0 bridgehead atoms. The Labute approximate surface area is 117 Å². The summed E-state index contributed by atoms with van der Waals surface area (Å²) in [6.07, 6.45) is 5.65. The van der Waals surface area contributed by atoms with Gasteiger partial charge in [0.1, 0.15) is 6.04 Å². The Bertz CT molecular complexity index is 456. The van der Waals surface area contributed by atoms with Crippen molar-refractivity contribution in [3.05, 3.63) is 18.2 Å². The number of carboxylic acid groups (broad SMARTS) is 1. The molecule has 1 aliphatic carbocycles. The fraction of sp³-hybridized carbons (Fsp3) is 0.615. The molecule has 1 fully saturated rings. The minimum atomic E-state index is -1.06. The summed E-state index contributed by atoms with van der Waals surface area (Å²) in [5.74, 6) is 0.0807. The van der Waals surface area contributed by atoms with Crippen LogP contribution in [0, 0.1) is 11.8 Å². The number of hydrogen-bond donors (Lipinski definition) is 4. The third-order valence-electron chi connectivity index (χ3n) is 3.59. The van der Waals surface area contributed by atoms with Crippen LogP contribution >= 0.6 is 0 Å². The number of carbonyl (C=O) groups is 2. The second kappa shape index (κ2) is 6.40. The fourth-order valence-electron chi connectivity index (χ4n) is 2.11. The van der Waals surface area contributed by atoms with Crippen LogP contribution < -0.4 is 10.6 Å². The normalized spacial score (nSPS) is 17.2. The third-order valence-corrected chi connectivity index (χ3v) is 3.59. The van der Waals surface area contributed by atoms with Crippen LogP contribution in [0.1, 0.15) is 25.5 Å². The van der Waals surface area contributed by atoms with Gasteiger partial charge in [0, 0.05) is 24.9 Å².